The fourth-order valence-corrected chi connectivity index (χ4v) is 3.69. The minimum atomic E-state index is -1.65. The fraction of sp³-hybridized carbons (Fsp3) is 0.333. The molecule has 0 fully saturated rings. The summed E-state index contributed by atoms with van der Waals surface area (Å²) in [6.07, 6.45) is 1.22. The third-order valence-electron chi connectivity index (χ3n) is 4.49. The average molecular weight is 483 g/mol. The van der Waals surface area contributed by atoms with Gasteiger partial charge in [-0.15, -0.1) is 11.8 Å². The zero-order valence-corrected chi connectivity index (χ0v) is 18.2. The normalized spacial score (nSPS) is 13.8. The molecule has 0 aromatic heterocycles. The Morgan fingerprint density at radius 2 is 2.07 bits per heavy atom. The van der Waals surface area contributed by atoms with Crippen molar-refractivity contribution in [2.75, 3.05) is 12.9 Å². The van der Waals surface area contributed by atoms with Crippen molar-refractivity contribution in [2.24, 2.45) is 0 Å². The molecule has 2 aromatic rings. The zero-order valence-electron chi connectivity index (χ0n) is 15.8. The van der Waals surface area contributed by atoms with Gasteiger partial charge in [0.25, 0.3) is 0 Å². The largest absolute Gasteiger partial charge is 0.445 e. The lowest BCUT2D eigenvalue weighted by Gasteiger charge is -2.33. The number of amides is 1. The average Bonchev–Trinajstić information content (AvgIpc) is 2.74. The van der Waals surface area contributed by atoms with Crippen molar-refractivity contribution in [1.82, 2.24) is 5.32 Å². The molecule has 0 saturated carbocycles. The summed E-state index contributed by atoms with van der Waals surface area (Å²) in [5.74, 6) is -0.646. The maximum absolute atomic E-state index is 14.6. The molecule has 1 amide bonds. The molecular formula is C21H21BrF2N2O2S. The Hall–Kier alpha value is -2.11. The second-order valence-corrected chi connectivity index (χ2v) is 8.37. The Balaban J connectivity index is 2.26. The third-order valence-corrected chi connectivity index (χ3v) is 5.89. The van der Waals surface area contributed by atoms with Crippen LogP contribution in [0.4, 0.5) is 13.6 Å². The summed E-state index contributed by atoms with van der Waals surface area (Å²) in [6, 6.07) is 15.3. The number of thioether (sulfide) groups is 1. The van der Waals surface area contributed by atoms with E-state index in [9.17, 15) is 18.8 Å². The molecule has 0 bridgehead atoms. The highest BCUT2D eigenvalue weighted by Crippen LogP contribution is 2.33. The molecule has 0 saturated heterocycles. The molecule has 0 aliphatic heterocycles. The molecule has 1 N–H and O–H groups in total. The molecule has 4 nitrogen and oxygen atoms in total. The lowest BCUT2D eigenvalue weighted by molar-refractivity contribution is 0.116. The lowest BCUT2D eigenvalue weighted by atomic mass is 9.85. The van der Waals surface area contributed by atoms with Gasteiger partial charge < -0.3 is 10.1 Å². The van der Waals surface area contributed by atoms with Crippen LogP contribution >= 0.6 is 27.7 Å². The second kappa shape index (κ2) is 11.2. The van der Waals surface area contributed by atoms with Gasteiger partial charge in [0.05, 0.1) is 16.9 Å². The van der Waals surface area contributed by atoms with Gasteiger partial charge in [-0.2, -0.15) is 5.26 Å². The standard InChI is InChI=1S/C21H21BrF2N2O2S/c1-29-17(12-25)9-10-21(14-23,18-11-16(22)7-8-19(18)24)26-20(27)28-13-15-5-3-2-4-6-15/h2-8,11,17H,9-10,13-14H2,1H3,(H,26,27)/t17?,21-/m1/s1. The molecule has 1 unspecified atom stereocenters. The Labute approximate surface area is 181 Å². The molecule has 0 heterocycles. The van der Waals surface area contributed by atoms with Crippen LogP contribution in [0.5, 0.6) is 0 Å². The Kier molecular flexibility index (Phi) is 8.93. The number of carbonyl (C=O) groups is 1. The first kappa shape index (κ1) is 23.2. The van der Waals surface area contributed by atoms with Crippen LogP contribution in [0.25, 0.3) is 0 Å². The van der Waals surface area contributed by atoms with Crippen molar-refractivity contribution in [3.05, 3.63) is 69.9 Å². The number of hydrogen-bond donors (Lipinski definition) is 1. The molecule has 2 atom stereocenters. The van der Waals surface area contributed by atoms with E-state index in [2.05, 4.69) is 27.3 Å². The maximum atomic E-state index is 14.6. The van der Waals surface area contributed by atoms with E-state index >= 15 is 0 Å². The topological polar surface area (TPSA) is 62.1 Å². The van der Waals surface area contributed by atoms with E-state index in [1.54, 1.807) is 18.4 Å². The van der Waals surface area contributed by atoms with Crippen LogP contribution in [0.1, 0.15) is 24.0 Å². The minimum absolute atomic E-state index is 0.00162. The first-order valence-electron chi connectivity index (χ1n) is 8.87. The lowest BCUT2D eigenvalue weighted by Crippen LogP contribution is -2.49. The van der Waals surface area contributed by atoms with Gasteiger partial charge in [0.2, 0.25) is 0 Å². The van der Waals surface area contributed by atoms with Crippen LogP contribution in [0.15, 0.2) is 53.0 Å². The number of alkyl halides is 1. The zero-order chi connectivity index (χ0) is 21.3. The Morgan fingerprint density at radius 3 is 2.69 bits per heavy atom. The van der Waals surface area contributed by atoms with Crippen molar-refractivity contribution in [3.8, 4) is 6.07 Å². The number of carbonyl (C=O) groups excluding carboxylic acids is 1. The summed E-state index contributed by atoms with van der Waals surface area (Å²) in [5, 5.41) is 11.3. The number of nitrogens with one attached hydrogen (secondary N) is 1. The van der Waals surface area contributed by atoms with E-state index in [1.165, 1.54) is 30.0 Å². The first-order chi connectivity index (χ1) is 13.9. The van der Waals surface area contributed by atoms with Crippen LogP contribution < -0.4 is 5.32 Å². The van der Waals surface area contributed by atoms with Crippen molar-refractivity contribution in [2.45, 2.75) is 30.2 Å². The van der Waals surface area contributed by atoms with Gasteiger partial charge in [-0.05, 0) is 42.9 Å². The highest BCUT2D eigenvalue weighted by atomic mass is 79.9. The van der Waals surface area contributed by atoms with E-state index in [0.29, 0.717) is 4.47 Å². The van der Waals surface area contributed by atoms with Gasteiger partial charge >= 0.3 is 6.09 Å². The van der Waals surface area contributed by atoms with Gasteiger partial charge in [0.15, 0.2) is 0 Å². The van der Waals surface area contributed by atoms with Gasteiger partial charge in [-0.25, -0.2) is 13.6 Å². The molecular weight excluding hydrogens is 462 g/mol. The highest BCUT2D eigenvalue weighted by Gasteiger charge is 2.38. The minimum Gasteiger partial charge on any atom is -0.445 e. The smallest absolute Gasteiger partial charge is 0.408 e. The van der Waals surface area contributed by atoms with Crippen LogP contribution in [-0.2, 0) is 16.9 Å². The molecule has 2 rings (SSSR count). The van der Waals surface area contributed by atoms with Crippen LogP contribution in [0, 0.1) is 17.1 Å². The summed E-state index contributed by atoms with van der Waals surface area (Å²) < 4.78 is 34.7. The number of halogens is 3. The van der Waals surface area contributed by atoms with Gasteiger partial charge in [0, 0.05) is 10.0 Å². The summed E-state index contributed by atoms with van der Waals surface area (Å²) in [4.78, 5) is 12.4. The maximum Gasteiger partial charge on any atom is 0.408 e. The fourth-order valence-electron chi connectivity index (χ4n) is 2.87. The third kappa shape index (κ3) is 6.44. The second-order valence-electron chi connectivity index (χ2n) is 6.42. The highest BCUT2D eigenvalue weighted by molar-refractivity contribution is 9.10. The monoisotopic (exact) mass is 482 g/mol. The number of ether oxygens (including phenoxy) is 1. The van der Waals surface area contributed by atoms with E-state index in [0.717, 1.165) is 5.56 Å². The van der Waals surface area contributed by atoms with Crippen molar-refractivity contribution in [3.63, 3.8) is 0 Å². The van der Waals surface area contributed by atoms with E-state index in [-0.39, 0.29) is 25.0 Å². The van der Waals surface area contributed by atoms with Crippen molar-refractivity contribution >= 4 is 33.8 Å². The Bertz CT molecular complexity index is 864. The molecule has 0 aliphatic rings. The molecule has 0 spiro atoms. The number of nitriles is 1. The van der Waals surface area contributed by atoms with E-state index < -0.39 is 29.4 Å². The predicted molar refractivity (Wildman–Crippen MR) is 114 cm³/mol. The van der Waals surface area contributed by atoms with Crippen LogP contribution in [0.2, 0.25) is 0 Å². The van der Waals surface area contributed by atoms with Gasteiger partial charge in [-0.1, -0.05) is 46.3 Å². The van der Waals surface area contributed by atoms with Crippen molar-refractivity contribution in [1.29, 1.82) is 5.26 Å². The number of rotatable bonds is 9. The Morgan fingerprint density at radius 1 is 1.34 bits per heavy atom. The van der Waals surface area contributed by atoms with Crippen molar-refractivity contribution < 1.29 is 18.3 Å². The first-order valence-corrected chi connectivity index (χ1v) is 10.9. The number of alkyl carbamates (subject to hydrolysis) is 1. The van der Waals surface area contributed by atoms with Gasteiger partial charge in [-0.3, -0.25) is 0 Å². The van der Waals surface area contributed by atoms with Crippen LogP contribution in [0.3, 0.4) is 0 Å². The quantitative estimate of drug-likeness (QED) is 0.496. The van der Waals surface area contributed by atoms with E-state index in [4.69, 9.17) is 4.74 Å². The molecule has 29 heavy (non-hydrogen) atoms. The molecule has 154 valence electrons. The summed E-state index contributed by atoms with van der Waals surface area (Å²) >= 11 is 4.58. The molecule has 0 aliphatic carbocycles. The summed E-state index contributed by atoms with van der Waals surface area (Å²) in [6.45, 7) is -1.05. The predicted octanol–water partition coefficient (Wildman–Crippen LogP) is 5.71. The van der Waals surface area contributed by atoms with Gasteiger partial charge in [0.1, 0.15) is 19.1 Å². The molecule has 2 aromatic carbocycles. The number of nitrogens with zero attached hydrogens (tertiary/aromatic N) is 1. The van der Waals surface area contributed by atoms with Crippen LogP contribution in [-0.4, -0.2) is 24.3 Å². The van der Waals surface area contributed by atoms with E-state index in [1.807, 2.05) is 18.2 Å². The molecule has 8 heteroatoms. The number of benzene rings is 2. The summed E-state index contributed by atoms with van der Waals surface area (Å²) in [5.41, 5.74) is -0.871. The summed E-state index contributed by atoms with van der Waals surface area (Å²) in [7, 11) is 0. The SMILES string of the molecule is CSC(C#N)CC[C@](CF)(NC(=O)OCc1ccccc1)c1cc(Br)ccc1F. The number of hydrogen-bond acceptors (Lipinski definition) is 4. The molecule has 0 radical (unpaired) electrons.